The van der Waals surface area contributed by atoms with Crippen LogP contribution in [0.1, 0.15) is 5.56 Å². The van der Waals surface area contributed by atoms with Gasteiger partial charge in [0.2, 0.25) is 5.91 Å². The van der Waals surface area contributed by atoms with Gasteiger partial charge in [-0.1, -0.05) is 42.1 Å². The number of nitrogens with one attached hydrogen (secondary N) is 1. The molecule has 1 heterocycles. The van der Waals surface area contributed by atoms with Crippen molar-refractivity contribution in [2.75, 3.05) is 16.9 Å². The number of carbonyl (C=O) groups excluding carboxylic acids is 1. The van der Waals surface area contributed by atoms with E-state index in [4.69, 9.17) is 11.1 Å². The number of nitriles is 1. The summed E-state index contributed by atoms with van der Waals surface area (Å²) in [5.74, 6) is 5.94. The van der Waals surface area contributed by atoms with Crippen LogP contribution in [0.3, 0.4) is 0 Å². The zero-order valence-electron chi connectivity index (χ0n) is 13.2. The number of nitrogens with two attached hydrogens (primary N) is 1. The van der Waals surface area contributed by atoms with Gasteiger partial charge in [-0.05, 0) is 24.3 Å². The van der Waals surface area contributed by atoms with Crippen molar-refractivity contribution in [1.82, 2.24) is 9.66 Å². The highest BCUT2D eigenvalue weighted by molar-refractivity contribution is 7.99. The number of rotatable bonds is 5. The van der Waals surface area contributed by atoms with E-state index in [2.05, 4.69) is 10.3 Å². The second-order valence-corrected chi connectivity index (χ2v) is 6.15. The smallest absolute Gasteiger partial charge is 0.234 e. The van der Waals surface area contributed by atoms with E-state index in [1.54, 1.807) is 30.5 Å². The van der Waals surface area contributed by atoms with E-state index in [1.165, 1.54) is 16.4 Å². The van der Waals surface area contributed by atoms with E-state index in [1.807, 2.05) is 36.4 Å². The first-order valence-corrected chi connectivity index (χ1v) is 8.47. The number of aromatic nitrogens is 2. The SMILES string of the molecule is N#Cc1ccc(NC(=O)CSc2nc(-c3ccccc3)cn2N)cc1. The molecule has 0 bridgehead atoms. The number of nitrogens with zero attached hydrogens (tertiary/aromatic N) is 3. The molecular weight excluding hydrogens is 334 g/mol. The van der Waals surface area contributed by atoms with Crippen LogP contribution in [0.15, 0.2) is 66.0 Å². The molecule has 25 heavy (non-hydrogen) atoms. The fourth-order valence-electron chi connectivity index (χ4n) is 2.19. The summed E-state index contributed by atoms with van der Waals surface area (Å²) in [6.07, 6.45) is 1.73. The molecule has 0 spiro atoms. The Balaban J connectivity index is 1.60. The highest BCUT2D eigenvalue weighted by Crippen LogP contribution is 2.22. The van der Waals surface area contributed by atoms with Gasteiger partial charge < -0.3 is 11.2 Å². The quantitative estimate of drug-likeness (QED) is 0.545. The van der Waals surface area contributed by atoms with E-state index in [0.29, 0.717) is 16.4 Å². The molecule has 1 aromatic heterocycles. The largest absolute Gasteiger partial charge is 0.337 e. The van der Waals surface area contributed by atoms with Crippen LogP contribution in [-0.4, -0.2) is 21.3 Å². The molecule has 0 saturated carbocycles. The first kappa shape index (κ1) is 16.6. The highest BCUT2D eigenvalue weighted by atomic mass is 32.2. The van der Waals surface area contributed by atoms with Crippen LogP contribution in [-0.2, 0) is 4.79 Å². The van der Waals surface area contributed by atoms with Crippen LogP contribution in [0.2, 0.25) is 0 Å². The van der Waals surface area contributed by atoms with Crippen LogP contribution >= 0.6 is 11.8 Å². The molecule has 3 aromatic rings. The topological polar surface area (TPSA) is 96.7 Å². The molecule has 3 N–H and O–H groups in total. The van der Waals surface area contributed by atoms with Gasteiger partial charge in [0.1, 0.15) is 0 Å². The Morgan fingerprint density at radius 3 is 2.60 bits per heavy atom. The van der Waals surface area contributed by atoms with Crippen LogP contribution in [0, 0.1) is 11.3 Å². The van der Waals surface area contributed by atoms with Gasteiger partial charge in [0, 0.05) is 11.3 Å². The molecule has 7 heteroatoms. The van der Waals surface area contributed by atoms with Crippen molar-refractivity contribution in [3.05, 3.63) is 66.4 Å². The lowest BCUT2D eigenvalue weighted by Crippen LogP contribution is -2.15. The summed E-state index contributed by atoms with van der Waals surface area (Å²) in [5.41, 5.74) is 2.92. The lowest BCUT2D eigenvalue weighted by Gasteiger charge is -2.05. The van der Waals surface area contributed by atoms with Gasteiger partial charge in [0.15, 0.2) is 5.16 Å². The minimum absolute atomic E-state index is 0.168. The molecule has 124 valence electrons. The highest BCUT2D eigenvalue weighted by Gasteiger charge is 2.11. The van der Waals surface area contributed by atoms with Gasteiger partial charge in [-0.2, -0.15) is 5.26 Å². The second-order valence-electron chi connectivity index (χ2n) is 5.21. The zero-order chi connectivity index (χ0) is 17.6. The number of hydrogen-bond donors (Lipinski definition) is 2. The fourth-order valence-corrected chi connectivity index (χ4v) is 2.88. The standard InChI is InChI=1S/C18H15N5OS/c19-10-13-6-8-15(9-7-13)21-17(24)12-25-18-22-16(11-23(18)20)14-4-2-1-3-5-14/h1-9,11H,12,20H2,(H,21,24). The van der Waals surface area contributed by atoms with E-state index < -0.39 is 0 Å². The van der Waals surface area contributed by atoms with Gasteiger partial charge in [-0.3, -0.25) is 4.79 Å². The molecular formula is C18H15N5OS. The Hall–Kier alpha value is -3.24. The molecule has 0 unspecified atom stereocenters. The average Bonchev–Trinajstić information content (AvgIpc) is 3.02. The minimum atomic E-state index is -0.168. The van der Waals surface area contributed by atoms with E-state index >= 15 is 0 Å². The second kappa shape index (κ2) is 7.55. The number of amides is 1. The first-order valence-electron chi connectivity index (χ1n) is 7.48. The molecule has 6 nitrogen and oxygen atoms in total. The van der Waals surface area contributed by atoms with Crippen molar-refractivity contribution in [3.63, 3.8) is 0 Å². The molecule has 0 fully saturated rings. The third kappa shape index (κ3) is 4.19. The van der Waals surface area contributed by atoms with Crippen LogP contribution in [0.5, 0.6) is 0 Å². The molecule has 0 atom stereocenters. The van der Waals surface area contributed by atoms with E-state index in [9.17, 15) is 4.79 Å². The average molecular weight is 349 g/mol. The summed E-state index contributed by atoms with van der Waals surface area (Å²) in [6, 6.07) is 18.4. The zero-order valence-corrected chi connectivity index (χ0v) is 14.0. The van der Waals surface area contributed by atoms with E-state index in [0.717, 1.165) is 11.3 Å². The number of nitrogen functional groups attached to an aromatic ring is 1. The van der Waals surface area contributed by atoms with Gasteiger partial charge in [-0.15, -0.1) is 0 Å². The number of imidazole rings is 1. The first-order chi connectivity index (χ1) is 12.2. The summed E-state index contributed by atoms with van der Waals surface area (Å²) < 4.78 is 1.42. The number of thioether (sulfide) groups is 1. The Morgan fingerprint density at radius 2 is 1.92 bits per heavy atom. The monoisotopic (exact) mass is 349 g/mol. The maximum atomic E-state index is 12.1. The summed E-state index contributed by atoms with van der Waals surface area (Å²) in [7, 11) is 0. The molecule has 0 saturated heterocycles. The number of anilines is 1. The maximum Gasteiger partial charge on any atom is 0.234 e. The summed E-state index contributed by atoms with van der Waals surface area (Å²) in [6.45, 7) is 0. The van der Waals surface area contributed by atoms with Crippen LogP contribution < -0.4 is 11.2 Å². The van der Waals surface area contributed by atoms with Crippen molar-refractivity contribution >= 4 is 23.4 Å². The Kier molecular flexibility index (Phi) is 5.02. The van der Waals surface area contributed by atoms with Crippen molar-refractivity contribution in [2.45, 2.75) is 5.16 Å². The molecule has 2 aromatic carbocycles. The predicted molar refractivity (Wildman–Crippen MR) is 98.3 cm³/mol. The number of carbonyl (C=O) groups is 1. The summed E-state index contributed by atoms with van der Waals surface area (Å²) >= 11 is 1.26. The van der Waals surface area contributed by atoms with Crippen molar-refractivity contribution in [1.29, 1.82) is 5.26 Å². The lowest BCUT2D eigenvalue weighted by molar-refractivity contribution is -0.113. The maximum absolute atomic E-state index is 12.1. The van der Waals surface area contributed by atoms with Crippen LogP contribution in [0.25, 0.3) is 11.3 Å². The van der Waals surface area contributed by atoms with Crippen molar-refractivity contribution < 1.29 is 4.79 Å². The Bertz CT molecular complexity index is 913. The number of benzene rings is 2. The van der Waals surface area contributed by atoms with E-state index in [-0.39, 0.29) is 11.7 Å². The molecule has 3 rings (SSSR count). The predicted octanol–water partition coefficient (Wildman–Crippen LogP) is 2.87. The third-order valence-corrected chi connectivity index (χ3v) is 4.36. The van der Waals surface area contributed by atoms with Crippen LogP contribution in [0.4, 0.5) is 5.69 Å². The van der Waals surface area contributed by atoms with Crippen molar-refractivity contribution in [3.8, 4) is 17.3 Å². The van der Waals surface area contributed by atoms with Gasteiger partial charge in [0.25, 0.3) is 0 Å². The normalized spacial score (nSPS) is 10.2. The summed E-state index contributed by atoms with van der Waals surface area (Å²) in [4.78, 5) is 16.5. The number of hydrogen-bond acceptors (Lipinski definition) is 5. The molecule has 0 aliphatic rings. The molecule has 0 radical (unpaired) electrons. The van der Waals surface area contributed by atoms with Gasteiger partial charge >= 0.3 is 0 Å². The van der Waals surface area contributed by atoms with Gasteiger partial charge in [0.05, 0.1) is 29.3 Å². The molecule has 1 amide bonds. The fraction of sp³-hybridized carbons (Fsp3) is 0.0556. The molecule has 0 aliphatic heterocycles. The van der Waals surface area contributed by atoms with Gasteiger partial charge in [-0.25, -0.2) is 9.66 Å². The lowest BCUT2D eigenvalue weighted by atomic mass is 10.2. The Labute approximate surface area is 149 Å². The summed E-state index contributed by atoms with van der Waals surface area (Å²) in [5, 5.41) is 12.1. The third-order valence-electron chi connectivity index (χ3n) is 3.40. The minimum Gasteiger partial charge on any atom is -0.337 e. The molecule has 0 aliphatic carbocycles. The Morgan fingerprint density at radius 1 is 1.20 bits per heavy atom. The van der Waals surface area contributed by atoms with Crippen molar-refractivity contribution in [2.24, 2.45) is 0 Å².